The molecule has 0 bridgehead atoms. The van der Waals surface area contributed by atoms with Gasteiger partial charge in [0.2, 0.25) is 0 Å². The molecule has 0 aliphatic heterocycles. The zero-order chi connectivity index (χ0) is 11.1. The summed E-state index contributed by atoms with van der Waals surface area (Å²) in [5, 5.41) is 3.45. The number of aromatic nitrogens is 2. The van der Waals surface area contributed by atoms with Crippen LogP contribution in [0.5, 0.6) is 0 Å². The SMILES string of the molecule is CCc1nccn1CCCNCC(C)C. The van der Waals surface area contributed by atoms with E-state index in [0.29, 0.717) is 0 Å². The van der Waals surface area contributed by atoms with Crippen molar-refractivity contribution in [3.63, 3.8) is 0 Å². The highest BCUT2D eigenvalue weighted by Crippen LogP contribution is 1.99. The fourth-order valence-electron chi connectivity index (χ4n) is 1.62. The van der Waals surface area contributed by atoms with Crippen molar-refractivity contribution in [2.45, 2.75) is 40.2 Å². The van der Waals surface area contributed by atoms with Crippen molar-refractivity contribution in [2.75, 3.05) is 13.1 Å². The van der Waals surface area contributed by atoms with Crippen LogP contribution in [0, 0.1) is 5.92 Å². The first-order chi connectivity index (χ1) is 7.24. The summed E-state index contributed by atoms with van der Waals surface area (Å²) >= 11 is 0. The van der Waals surface area contributed by atoms with E-state index in [4.69, 9.17) is 0 Å². The van der Waals surface area contributed by atoms with Crippen molar-refractivity contribution in [1.82, 2.24) is 14.9 Å². The molecule has 0 unspecified atom stereocenters. The van der Waals surface area contributed by atoms with Crippen LogP contribution in [-0.4, -0.2) is 22.6 Å². The highest BCUT2D eigenvalue weighted by molar-refractivity contribution is 4.91. The number of hydrogen-bond donors (Lipinski definition) is 1. The average Bonchev–Trinajstić information content (AvgIpc) is 2.64. The van der Waals surface area contributed by atoms with Crippen LogP contribution in [0.4, 0.5) is 0 Å². The van der Waals surface area contributed by atoms with Crippen LogP contribution in [-0.2, 0) is 13.0 Å². The molecule has 0 aliphatic carbocycles. The van der Waals surface area contributed by atoms with Gasteiger partial charge in [0.25, 0.3) is 0 Å². The first-order valence-corrected chi connectivity index (χ1v) is 5.94. The summed E-state index contributed by atoms with van der Waals surface area (Å²) in [6.07, 6.45) is 6.16. The lowest BCUT2D eigenvalue weighted by molar-refractivity contribution is 0.517. The van der Waals surface area contributed by atoms with Crippen molar-refractivity contribution >= 4 is 0 Å². The maximum absolute atomic E-state index is 4.30. The van der Waals surface area contributed by atoms with Gasteiger partial charge in [-0.3, -0.25) is 0 Å². The van der Waals surface area contributed by atoms with Crippen molar-refractivity contribution in [3.05, 3.63) is 18.2 Å². The lowest BCUT2D eigenvalue weighted by Gasteiger charge is -2.09. The van der Waals surface area contributed by atoms with Crippen LogP contribution in [0.25, 0.3) is 0 Å². The Morgan fingerprint density at radius 1 is 1.47 bits per heavy atom. The maximum atomic E-state index is 4.30. The topological polar surface area (TPSA) is 29.9 Å². The van der Waals surface area contributed by atoms with E-state index in [1.54, 1.807) is 0 Å². The summed E-state index contributed by atoms with van der Waals surface area (Å²) in [6.45, 7) is 9.91. The third kappa shape index (κ3) is 4.47. The van der Waals surface area contributed by atoms with Gasteiger partial charge in [0.1, 0.15) is 5.82 Å². The van der Waals surface area contributed by atoms with Gasteiger partial charge in [0.05, 0.1) is 0 Å². The number of rotatable bonds is 7. The summed E-state index contributed by atoms with van der Waals surface area (Å²) in [5.74, 6) is 1.93. The zero-order valence-corrected chi connectivity index (χ0v) is 10.2. The van der Waals surface area contributed by atoms with E-state index < -0.39 is 0 Å². The van der Waals surface area contributed by atoms with Crippen molar-refractivity contribution < 1.29 is 0 Å². The Morgan fingerprint density at radius 2 is 2.27 bits per heavy atom. The van der Waals surface area contributed by atoms with Crippen LogP contribution >= 0.6 is 0 Å². The van der Waals surface area contributed by atoms with E-state index in [0.717, 1.165) is 32.0 Å². The third-order valence-corrected chi connectivity index (χ3v) is 2.42. The minimum Gasteiger partial charge on any atom is -0.335 e. The molecule has 1 N–H and O–H groups in total. The second-order valence-electron chi connectivity index (χ2n) is 4.34. The van der Waals surface area contributed by atoms with Crippen LogP contribution in [0.3, 0.4) is 0 Å². The van der Waals surface area contributed by atoms with E-state index in [9.17, 15) is 0 Å². The second kappa shape index (κ2) is 6.62. The van der Waals surface area contributed by atoms with Crippen LogP contribution in [0.2, 0.25) is 0 Å². The van der Waals surface area contributed by atoms with Crippen molar-refractivity contribution in [2.24, 2.45) is 5.92 Å². The molecule has 0 saturated heterocycles. The van der Waals surface area contributed by atoms with Gasteiger partial charge >= 0.3 is 0 Å². The molecule has 3 heteroatoms. The molecular weight excluding hydrogens is 186 g/mol. The molecule has 0 spiro atoms. The molecule has 3 nitrogen and oxygen atoms in total. The second-order valence-corrected chi connectivity index (χ2v) is 4.34. The molecule has 0 aliphatic rings. The molecule has 1 heterocycles. The molecule has 0 radical (unpaired) electrons. The van der Waals surface area contributed by atoms with Crippen LogP contribution in [0.15, 0.2) is 12.4 Å². The molecule has 0 aromatic carbocycles. The standard InChI is InChI=1S/C12H23N3/c1-4-12-14-7-9-15(12)8-5-6-13-10-11(2)3/h7,9,11,13H,4-6,8,10H2,1-3H3. The molecule has 1 rings (SSSR count). The van der Waals surface area contributed by atoms with Gasteiger partial charge < -0.3 is 9.88 Å². The molecular formula is C12H23N3. The van der Waals surface area contributed by atoms with Crippen LogP contribution < -0.4 is 5.32 Å². The Morgan fingerprint density at radius 3 is 2.93 bits per heavy atom. The predicted molar refractivity (Wildman–Crippen MR) is 63.9 cm³/mol. The van der Waals surface area contributed by atoms with E-state index in [-0.39, 0.29) is 0 Å². The Hall–Kier alpha value is -0.830. The summed E-state index contributed by atoms with van der Waals surface area (Å²) in [4.78, 5) is 4.30. The Kier molecular flexibility index (Phi) is 5.40. The predicted octanol–water partition coefficient (Wildman–Crippen LogP) is 2.08. The van der Waals surface area contributed by atoms with Gasteiger partial charge in [-0.25, -0.2) is 4.98 Å². The van der Waals surface area contributed by atoms with E-state index in [1.807, 2.05) is 6.20 Å². The number of nitrogens with one attached hydrogen (secondary N) is 1. The summed E-state index contributed by atoms with van der Waals surface area (Å²) in [5.41, 5.74) is 0. The molecule has 1 aromatic heterocycles. The first-order valence-electron chi connectivity index (χ1n) is 5.94. The van der Waals surface area contributed by atoms with Gasteiger partial charge in [0.15, 0.2) is 0 Å². The van der Waals surface area contributed by atoms with E-state index in [1.165, 1.54) is 12.2 Å². The smallest absolute Gasteiger partial charge is 0.108 e. The molecule has 0 fully saturated rings. The quantitative estimate of drug-likeness (QED) is 0.697. The van der Waals surface area contributed by atoms with Crippen LogP contribution in [0.1, 0.15) is 33.0 Å². The Labute approximate surface area is 92.9 Å². The molecule has 1 aromatic rings. The van der Waals surface area contributed by atoms with Gasteiger partial charge in [-0.2, -0.15) is 0 Å². The minimum atomic E-state index is 0.740. The molecule has 15 heavy (non-hydrogen) atoms. The van der Waals surface area contributed by atoms with E-state index in [2.05, 4.69) is 41.8 Å². The summed E-state index contributed by atoms with van der Waals surface area (Å²) < 4.78 is 2.25. The number of hydrogen-bond acceptors (Lipinski definition) is 2. The minimum absolute atomic E-state index is 0.740. The highest BCUT2D eigenvalue weighted by Gasteiger charge is 1.99. The Balaban J connectivity index is 2.15. The fraction of sp³-hybridized carbons (Fsp3) is 0.750. The number of imidazole rings is 1. The van der Waals surface area contributed by atoms with E-state index >= 15 is 0 Å². The third-order valence-electron chi connectivity index (χ3n) is 2.42. The monoisotopic (exact) mass is 209 g/mol. The van der Waals surface area contributed by atoms with Crippen molar-refractivity contribution in [3.8, 4) is 0 Å². The van der Waals surface area contributed by atoms with Gasteiger partial charge in [-0.15, -0.1) is 0 Å². The molecule has 0 atom stereocenters. The zero-order valence-electron chi connectivity index (χ0n) is 10.2. The fourth-order valence-corrected chi connectivity index (χ4v) is 1.62. The molecule has 0 amide bonds. The lowest BCUT2D eigenvalue weighted by Crippen LogP contribution is -2.21. The first kappa shape index (κ1) is 12.2. The number of aryl methyl sites for hydroxylation is 2. The molecule has 86 valence electrons. The maximum Gasteiger partial charge on any atom is 0.108 e. The van der Waals surface area contributed by atoms with Crippen molar-refractivity contribution in [1.29, 1.82) is 0 Å². The summed E-state index contributed by atoms with van der Waals surface area (Å²) in [7, 11) is 0. The van der Waals surface area contributed by atoms with Gasteiger partial charge in [-0.05, 0) is 25.4 Å². The number of nitrogens with zero attached hydrogens (tertiary/aromatic N) is 2. The van der Waals surface area contributed by atoms with Gasteiger partial charge in [0, 0.05) is 25.4 Å². The lowest BCUT2D eigenvalue weighted by atomic mass is 10.2. The average molecular weight is 209 g/mol. The normalized spacial score (nSPS) is 11.2. The highest BCUT2D eigenvalue weighted by atomic mass is 15.1. The largest absolute Gasteiger partial charge is 0.335 e. The Bertz CT molecular complexity index is 266. The molecule has 0 saturated carbocycles. The summed E-state index contributed by atoms with van der Waals surface area (Å²) in [6, 6.07) is 0. The van der Waals surface area contributed by atoms with Gasteiger partial charge in [-0.1, -0.05) is 20.8 Å².